The molecule has 2 heterocycles. The lowest BCUT2D eigenvalue weighted by Gasteiger charge is -2.27. The summed E-state index contributed by atoms with van der Waals surface area (Å²) in [5, 5.41) is 18.0. The Morgan fingerprint density at radius 3 is 2.59 bits per heavy atom. The molecule has 0 spiro atoms. The summed E-state index contributed by atoms with van der Waals surface area (Å²) in [5.74, 6) is -1.89. The van der Waals surface area contributed by atoms with Gasteiger partial charge in [0.15, 0.2) is 0 Å². The fraction of sp³-hybridized carbons (Fsp3) is 0.458. The van der Waals surface area contributed by atoms with Gasteiger partial charge in [0, 0.05) is 23.4 Å². The molecular formula is C24H28N6O4. The minimum absolute atomic E-state index is 0.125. The van der Waals surface area contributed by atoms with Gasteiger partial charge in [0.05, 0.1) is 11.6 Å². The minimum Gasteiger partial charge on any atom is -0.368 e. The predicted molar refractivity (Wildman–Crippen MR) is 123 cm³/mol. The summed E-state index contributed by atoms with van der Waals surface area (Å²) < 4.78 is 0. The third-order valence-corrected chi connectivity index (χ3v) is 6.46. The highest BCUT2D eigenvalue weighted by Crippen LogP contribution is 2.33. The number of benzene rings is 1. The molecule has 10 heteroatoms. The maximum Gasteiger partial charge on any atom is 0.268 e. The van der Waals surface area contributed by atoms with E-state index in [1.807, 2.05) is 0 Å². The molecule has 1 aromatic heterocycles. The summed E-state index contributed by atoms with van der Waals surface area (Å²) in [6.07, 6.45) is 3.96. The molecule has 3 atom stereocenters. The summed E-state index contributed by atoms with van der Waals surface area (Å²) in [4.78, 5) is 53.1. The van der Waals surface area contributed by atoms with Crippen LogP contribution in [0.2, 0.25) is 0 Å². The first-order chi connectivity index (χ1) is 16.3. The Morgan fingerprint density at radius 2 is 1.91 bits per heavy atom. The largest absolute Gasteiger partial charge is 0.368 e. The van der Waals surface area contributed by atoms with Gasteiger partial charge in [-0.3, -0.25) is 19.2 Å². The van der Waals surface area contributed by atoms with E-state index in [2.05, 4.69) is 27.0 Å². The number of nitriles is 1. The lowest BCUT2D eigenvalue weighted by Crippen LogP contribution is -2.54. The van der Waals surface area contributed by atoms with Crippen LogP contribution in [0.3, 0.4) is 0 Å². The van der Waals surface area contributed by atoms with Gasteiger partial charge in [0.2, 0.25) is 17.7 Å². The maximum absolute atomic E-state index is 13.1. The van der Waals surface area contributed by atoms with Crippen LogP contribution in [-0.4, -0.2) is 47.2 Å². The van der Waals surface area contributed by atoms with Crippen LogP contribution in [0, 0.1) is 23.2 Å². The van der Waals surface area contributed by atoms with E-state index >= 15 is 0 Å². The third kappa shape index (κ3) is 5.54. The Balaban J connectivity index is 1.45. The molecule has 4 amide bonds. The first kappa shape index (κ1) is 23.3. The Bertz CT molecular complexity index is 1160. The monoisotopic (exact) mass is 464 g/mol. The van der Waals surface area contributed by atoms with Crippen molar-refractivity contribution < 1.29 is 19.2 Å². The van der Waals surface area contributed by atoms with Crippen LogP contribution in [0.5, 0.6) is 0 Å². The smallest absolute Gasteiger partial charge is 0.268 e. The van der Waals surface area contributed by atoms with Crippen LogP contribution < -0.4 is 21.7 Å². The molecule has 0 unspecified atom stereocenters. The predicted octanol–water partition coefficient (Wildman–Crippen LogP) is 0.824. The molecule has 1 aliphatic carbocycles. The molecule has 0 bridgehead atoms. The lowest BCUT2D eigenvalue weighted by atomic mass is 9.91. The Morgan fingerprint density at radius 1 is 1.12 bits per heavy atom. The standard InChI is InChI=1S/C24H28N6O4/c25-12-14-5-6-15-10-20(28-17(15)9-14)24(34)30-19(8-13-3-4-13)23(33)29-18(21(26)31)11-16-2-1-7-27-22(16)32/h5-6,9-10,13,16,18-19,28H,1-4,7-8,11H2,(H2,26,31)(H,27,32)(H,29,33)(H,30,34)/t16-,18-,19-/m0/s1. The zero-order valence-electron chi connectivity index (χ0n) is 18.7. The number of nitrogens with two attached hydrogens (primary N) is 1. The second kappa shape index (κ2) is 9.95. The number of hydrogen-bond donors (Lipinski definition) is 5. The first-order valence-electron chi connectivity index (χ1n) is 11.5. The highest BCUT2D eigenvalue weighted by Gasteiger charge is 2.34. The second-order valence-electron chi connectivity index (χ2n) is 9.13. The average molecular weight is 465 g/mol. The summed E-state index contributed by atoms with van der Waals surface area (Å²) in [6, 6.07) is 6.93. The molecular weight excluding hydrogens is 436 g/mol. The van der Waals surface area contributed by atoms with Gasteiger partial charge in [-0.05, 0) is 49.8 Å². The van der Waals surface area contributed by atoms with Crippen molar-refractivity contribution in [3.8, 4) is 6.07 Å². The van der Waals surface area contributed by atoms with Crippen LogP contribution >= 0.6 is 0 Å². The Hall–Kier alpha value is -3.87. The van der Waals surface area contributed by atoms with Gasteiger partial charge < -0.3 is 26.7 Å². The zero-order valence-corrected chi connectivity index (χ0v) is 18.7. The molecule has 2 aliphatic rings. The molecule has 178 valence electrons. The number of rotatable bonds is 9. The third-order valence-electron chi connectivity index (χ3n) is 6.46. The van der Waals surface area contributed by atoms with E-state index in [0.29, 0.717) is 36.4 Å². The van der Waals surface area contributed by atoms with E-state index < -0.39 is 35.7 Å². The number of nitrogens with one attached hydrogen (secondary N) is 4. The van der Waals surface area contributed by atoms with E-state index in [4.69, 9.17) is 11.0 Å². The second-order valence-corrected chi connectivity index (χ2v) is 9.13. The number of carbonyl (C=O) groups excluding carboxylic acids is 4. The molecule has 2 aromatic rings. The number of aromatic amines is 1. The van der Waals surface area contributed by atoms with Crippen LogP contribution in [0.15, 0.2) is 24.3 Å². The molecule has 4 rings (SSSR count). The summed E-state index contributed by atoms with van der Waals surface area (Å²) in [6.45, 7) is 0.601. The minimum atomic E-state index is -1.00. The van der Waals surface area contributed by atoms with E-state index in [1.54, 1.807) is 24.3 Å². The Labute approximate surface area is 196 Å². The highest BCUT2D eigenvalue weighted by atomic mass is 16.2. The number of carbonyl (C=O) groups is 4. The average Bonchev–Trinajstić information content (AvgIpc) is 3.53. The number of nitrogens with zero attached hydrogens (tertiary/aromatic N) is 1. The fourth-order valence-corrected chi connectivity index (χ4v) is 4.34. The van der Waals surface area contributed by atoms with Crippen molar-refractivity contribution in [1.82, 2.24) is 20.9 Å². The number of fused-ring (bicyclic) bond motifs is 1. The molecule has 1 aromatic carbocycles. The number of hydrogen-bond acceptors (Lipinski definition) is 5. The van der Waals surface area contributed by atoms with E-state index in [-0.39, 0.29) is 18.0 Å². The van der Waals surface area contributed by atoms with Crippen molar-refractivity contribution in [2.75, 3.05) is 6.54 Å². The first-order valence-corrected chi connectivity index (χ1v) is 11.5. The molecule has 1 aliphatic heterocycles. The molecule has 2 fully saturated rings. The van der Waals surface area contributed by atoms with Gasteiger partial charge in [-0.1, -0.05) is 18.9 Å². The topological polar surface area (TPSA) is 170 Å². The van der Waals surface area contributed by atoms with Gasteiger partial charge in [-0.25, -0.2) is 0 Å². The lowest BCUT2D eigenvalue weighted by molar-refractivity contribution is -0.131. The molecule has 10 nitrogen and oxygen atoms in total. The van der Waals surface area contributed by atoms with Crippen molar-refractivity contribution in [3.63, 3.8) is 0 Å². The Kier molecular flexibility index (Phi) is 6.82. The van der Waals surface area contributed by atoms with Gasteiger partial charge in [-0.2, -0.15) is 5.26 Å². The van der Waals surface area contributed by atoms with Crippen molar-refractivity contribution in [2.45, 2.75) is 50.6 Å². The van der Waals surface area contributed by atoms with Crippen molar-refractivity contribution in [3.05, 3.63) is 35.5 Å². The van der Waals surface area contributed by atoms with Gasteiger partial charge in [-0.15, -0.1) is 0 Å². The van der Waals surface area contributed by atoms with Gasteiger partial charge in [0.25, 0.3) is 5.91 Å². The molecule has 6 N–H and O–H groups in total. The normalized spacial score (nSPS) is 19.5. The summed E-state index contributed by atoms with van der Waals surface area (Å²) in [5.41, 5.74) is 6.90. The van der Waals surface area contributed by atoms with E-state index in [9.17, 15) is 19.2 Å². The number of primary amides is 1. The van der Waals surface area contributed by atoms with Crippen molar-refractivity contribution in [2.24, 2.45) is 17.6 Å². The number of amides is 4. The van der Waals surface area contributed by atoms with Crippen LogP contribution in [0.1, 0.15) is 54.6 Å². The van der Waals surface area contributed by atoms with Crippen molar-refractivity contribution >= 4 is 34.5 Å². The van der Waals surface area contributed by atoms with E-state index in [0.717, 1.165) is 24.6 Å². The molecule has 0 radical (unpaired) electrons. The quantitative estimate of drug-likeness (QED) is 0.369. The zero-order chi connectivity index (χ0) is 24.2. The number of H-pyrrole nitrogens is 1. The molecule has 34 heavy (non-hydrogen) atoms. The molecule has 1 saturated carbocycles. The number of aromatic nitrogens is 1. The van der Waals surface area contributed by atoms with Gasteiger partial charge in [0.1, 0.15) is 17.8 Å². The summed E-state index contributed by atoms with van der Waals surface area (Å²) in [7, 11) is 0. The van der Waals surface area contributed by atoms with Crippen LogP contribution in [0.25, 0.3) is 10.9 Å². The molecule has 1 saturated heterocycles. The summed E-state index contributed by atoms with van der Waals surface area (Å²) >= 11 is 0. The van der Waals surface area contributed by atoms with Crippen molar-refractivity contribution in [1.29, 1.82) is 5.26 Å². The number of piperidine rings is 1. The van der Waals surface area contributed by atoms with Crippen LogP contribution in [0.4, 0.5) is 0 Å². The maximum atomic E-state index is 13.1. The highest BCUT2D eigenvalue weighted by molar-refractivity contribution is 6.00. The SMILES string of the molecule is N#Cc1ccc2cc(C(=O)N[C@@H](CC3CC3)C(=O)N[C@@H](C[C@@H]3CCCNC3=O)C(N)=O)[nH]c2c1. The fourth-order valence-electron chi connectivity index (χ4n) is 4.34. The van der Waals surface area contributed by atoms with Crippen LogP contribution in [-0.2, 0) is 14.4 Å². The van der Waals surface area contributed by atoms with E-state index in [1.165, 1.54) is 0 Å². The van der Waals surface area contributed by atoms with Gasteiger partial charge >= 0.3 is 0 Å².